The lowest BCUT2D eigenvalue weighted by Gasteiger charge is -2.32. The van der Waals surface area contributed by atoms with E-state index in [4.69, 9.17) is 9.31 Å². The minimum Gasteiger partial charge on any atom is -0.403 e. The molecule has 102 valence electrons. The summed E-state index contributed by atoms with van der Waals surface area (Å²) in [6.07, 6.45) is 0.942. The van der Waals surface area contributed by atoms with E-state index in [9.17, 15) is 4.39 Å². The zero-order chi connectivity index (χ0) is 13.8. The predicted molar refractivity (Wildman–Crippen MR) is 73.6 cm³/mol. The molecule has 2 atom stereocenters. The monoisotopic (exact) mass is 262 g/mol. The van der Waals surface area contributed by atoms with Gasteiger partial charge in [0.1, 0.15) is 5.82 Å². The molecule has 0 aromatic heterocycles. The van der Waals surface area contributed by atoms with E-state index in [1.54, 1.807) is 6.07 Å². The Morgan fingerprint density at radius 2 is 1.68 bits per heavy atom. The number of hydrogen-bond acceptors (Lipinski definition) is 2. The third kappa shape index (κ3) is 2.11. The van der Waals surface area contributed by atoms with Crippen LogP contribution in [0.5, 0.6) is 0 Å². The van der Waals surface area contributed by atoms with Gasteiger partial charge in [-0.05, 0) is 51.7 Å². The molecule has 19 heavy (non-hydrogen) atoms. The van der Waals surface area contributed by atoms with Gasteiger partial charge in [0.2, 0.25) is 0 Å². The third-order valence-corrected chi connectivity index (χ3v) is 4.77. The Morgan fingerprint density at radius 3 is 2.26 bits per heavy atom. The minimum absolute atomic E-state index is 0.119. The summed E-state index contributed by atoms with van der Waals surface area (Å²) in [6, 6.07) is 7.00. The van der Waals surface area contributed by atoms with Gasteiger partial charge < -0.3 is 9.31 Å². The van der Waals surface area contributed by atoms with Crippen molar-refractivity contribution in [1.29, 1.82) is 0 Å². The first-order chi connectivity index (χ1) is 8.82. The number of halogens is 1. The van der Waals surface area contributed by atoms with Crippen molar-refractivity contribution in [2.75, 3.05) is 0 Å². The summed E-state index contributed by atoms with van der Waals surface area (Å²) in [4.78, 5) is 0. The van der Waals surface area contributed by atoms with Crippen LogP contribution in [0, 0.1) is 5.82 Å². The second-order valence-electron chi connectivity index (χ2n) is 6.65. The first kappa shape index (κ1) is 13.1. The van der Waals surface area contributed by atoms with Gasteiger partial charge in [0.15, 0.2) is 0 Å². The average molecular weight is 262 g/mol. The molecule has 1 saturated heterocycles. The van der Waals surface area contributed by atoms with Gasteiger partial charge in [0, 0.05) is 5.82 Å². The van der Waals surface area contributed by atoms with Gasteiger partial charge in [0.05, 0.1) is 11.2 Å². The molecule has 1 heterocycles. The lowest BCUT2D eigenvalue weighted by atomic mass is 9.79. The Bertz CT molecular complexity index is 485. The van der Waals surface area contributed by atoms with Crippen molar-refractivity contribution in [3.8, 4) is 0 Å². The van der Waals surface area contributed by atoms with Crippen LogP contribution in [0.15, 0.2) is 24.3 Å². The molecule has 0 amide bonds. The van der Waals surface area contributed by atoms with Gasteiger partial charge in [0.25, 0.3) is 0 Å². The summed E-state index contributed by atoms with van der Waals surface area (Å²) in [5.74, 6) is 0.389. The largest absolute Gasteiger partial charge is 0.461 e. The standard InChI is InChI=1S/C15H20BFO2/c1-14(2)15(3,4)19-16(18-14)12-9-11(12)10-7-5-6-8-13(10)17/h5-8,11-12H,9H2,1-4H3/t11-,12+/m0/s1. The molecule has 1 aromatic rings. The van der Waals surface area contributed by atoms with Gasteiger partial charge in [-0.25, -0.2) is 4.39 Å². The van der Waals surface area contributed by atoms with Crippen LogP contribution in [0.1, 0.15) is 45.6 Å². The van der Waals surface area contributed by atoms with E-state index in [0.717, 1.165) is 12.0 Å². The van der Waals surface area contributed by atoms with Crippen LogP contribution in [0.4, 0.5) is 4.39 Å². The van der Waals surface area contributed by atoms with Gasteiger partial charge >= 0.3 is 7.12 Å². The van der Waals surface area contributed by atoms with Crippen LogP contribution >= 0.6 is 0 Å². The highest BCUT2D eigenvalue weighted by molar-refractivity contribution is 6.49. The molecule has 1 saturated carbocycles. The Labute approximate surface area is 114 Å². The molecule has 2 aliphatic rings. The maximum absolute atomic E-state index is 13.8. The van der Waals surface area contributed by atoms with Gasteiger partial charge in [-0.1, -0.05) is 18.2 Å². The van der Waals surface area contributed by atoms with Gasteiger partial charge in [-0.2, -0.15) is 0 Å². The van der Waals surface area contributed by atoms with E-state index in [0.29, 0.717) is 0 Å². The Morgan fingerprint density at radius 1 is 1.11 bits per heavy atom. The van der Waals surface area contributed by atoms with Crippen molar-refractivity contribution in [1.82, 2.24) is 0 Å². The van der Waals surface area contributed by atoms with Crippen molar-refractivity contribution < 1.29 is 13.7 Å². The van der Waals surface area contributed by atoms with Gasteiger partial charge in [-0.3, -0.25) is 0 Å². The molecule has 4 heteroatoms. The van der Waals surface area contributed by atoms with E-state index in [1.165, 1.54) is 6.07 Å². The number of benzene rings is 1. The molecule has 3 rings (SSSR count). The summed E-state index contributed by atoms with van der Waals surface area (Å²) in [5, 5.41) is 0. The van der Waals surface area contributed by atoms with E-state index in [-0.39, 0.29) is 35.9 Å². The van der Waals surface area contributed by atoms with E-state index in [2.05, 4.69) is 0 Å². The van der Waals surface area contributed by atoms with E-state index >= 15 is 0 Å². The second kappa shape index (κ2) is 4.06. The molecule has 0 unspecified atom stereocenters. The highest BCUT2D eigenvalue weighted by Gasteiger charge is 2.60. The van der Waals surface area contributed by atoms with Crippen molar-refractivity contribution in [2.45, 2.75) is 57.1 Å². The predicted octanol–water partition coefficient (Wildman–Crippen LogP) is 3.78. The van der Waals surface area contributed by atoms with E-state index < -0.39 is 0 Å². The second-order valence-corrected chi connectivity index (χ2v) is 6.65. The average Bonchev–Trinajstić information content (AvgIpc) is 3.03. The molecule has 0 bridgehead atoms. The molecule has 1 aliphatic carbocycles. The normalized spacial score (nSPS) is 31.5. The summed E-state index contributed by atoms with van der Waals surface area (Å²) < 4.78 is 25.8. The maximum Gasteiger partial charge on any atom is 0.461 e. The first-order valence-corrected chi connectivity index (χ1v) is 6.92. The SMILES string of the molecule is CC1(C)OB([C@@H]2C[C@H]2c2ccccc2F)OC1(C)C. The fourth-order valence-corrected chi connectivity index (χ4v) is 2.71. The smallest absolute Gasteiger partial charge is 0.403 e. The van der Waals surface area contributed by atoms with Crippen molar-refractivity contribution in [3.05, 3.63) is 35.6 Å². The van der Waals surface area contributed by atoms with Crippen LogP contribution in [0.3, 0.4) is 0 Å². The topological polar surface area (TPSA) is 18.5 Å². The van der Waals surface area contributed by atoms with Gasteiger partial charge in [-0.15, -0.1) is 0 Å². The Balaban J connectivity index is 1.74. The quantitative estimate of drug-likeness (QED) is 0.755. The maximum atomic E-state index is 13.8. The lowest BCUT2D eigenvalue weighted by molar-refractivity contribution is 0.00578. The highest BCUT2D eigenvalue weighted by Crippen LogP contribution is 2.58. The zero-order valence-corrected chi connectivity index (χ0v) is 11.9. The third-order valence-electron chi connectivity index (χ3n) is 4.77. The molecule has 0 radical (unpaired) electrons. The molecule has 2 nitrogen and oxygen atoms in total. The van der Waals surface area contributed by atoms with Crippen LogP contribution < -0.4 is 0 Å². The molecule has 1 aliphatic heterocycles. The molecule has 1 aromatic carbocycles. The zero-order valence-electron chi connectivity index (χ0n) is 11.9. The summed E-state index contributed by atoms with van der Waals surface area (Å²) >= 11 is 0. The number of hydrogen-bond donors (Lipinski definition) is 0. The Hall–Kier alpha value is -0.865. The van der Waals surface area contributed by atoms with Crippen molar-refractivity contribution in [2.24, 2.45) is 0 Å². The summed E-state index contributed by atoms with van der Waals surface area (Å²) in [5.41, 5.74) is 0.183. The van der Waals surface area contributed by atoms with E-state index in [1.807, 2.05) is 39.8 Å². The number of rotatable bonds is 2. The molecular weight excluding hydrogens is 242 g/mol. The first-order valence-electron chi connectivity index (χ1n) is 6.92. The molecule has 0 N–H and O–H groups in total. The van der Waals surface area contributed by atoms with Crippen LogP contribution in [-0.2, 0) is 9.31 Å². The van der Waals surface area contributed by atoms with Crippen LogP contribution in [-0.4, -0.2) is 18.3 Å². The fourth-order valence-electron chi connectivity index (χ4n) is 2.71. The summed E-state index contributed by atoms with van der Waals surface area (Å²) in [6.45, 7) is 8.20. The van der Waals surface area contributed by atoms with Crippen molar-refractivity contribution >= 4 is 7.12 Å². The highest BCUT2D eigenvalue weighted by atomic mass is 19.1. The molecular formula is C15H20BFO2. The van der Waals surface area contributed by atoms with Crippen LogP contribution in [0.25, 0.3) is 0 Å². The molecule has 2 fully saturated rings. The Kier molecular flexibility index (Phi) is 2.81. The minimum atomic E-state index is -0.306. The lowest BCUT2D eigenvalue weighted by Crippen LogP contribution is -2.41. The fraction of sp³-hybridized carbons (Fsp3) is 0.600. The van der Waals surface area contributed by atoms with Crippen LogP contribution in [0.2, 0.25) is 5.82 Å². The molecule has 0 spiro atoms. The summed E-state index contributed by atoms with van der Waals surface area (Å²) in [7, 11) is -0.213. The van der Waals surface area contributed by atoms with Crippen molar-refractivity contribution in [3.63, 3.8) is 0 Å².